The molecule has 1 aromatic heterocycles. The molecule has 108 valence electrons. The van der Waals surface area contributed by atoms with E-state index >= 15 is 0 Å². The Hall–Kier alpha value is -2.11. The third-order valence-electron chi connectivity index (χ3n) is 3.62. The predicted molar refractivity (Wildman–Crippen MR) is 74.9 cm³/mol. The van der Waals surface area contributed by atoms with Crippen LogP contribution in [0, 0.1) is 0 Å². The van der Waals surface area contributed by atoms with Gasteiger partial charge in [-0.1, -0.05) is 12.8 Å². The molecular formula is C14H19N3O3. The van der Waals surface area contributed by atoms with Gasteiger partial charge in [-0.2, -0.15) is 0 Å². The lowest BCUT2D eigenvalue weighted by Gasteiger charge is -2.27. The molecule has 0 atom stereocenters. The summed E-state index contributed by atoms with van der Waals surface area (Å²) in [5, 5.41) is 11.7. The molecule has 6 nitrogen and oxygen atoms in total. The molecule has 20 heavy (non-hydrogen) atoms. The van der Waals surface area contributed by atoms with Gasteiger partial charge in [0.15, 0.2) is 5.69 Å². The number of rotatable bonds is 4. The molecule has 1 saturated carbocycles. The van der Waals surface area contributed by atoms with E-state index in [1.54, 1.807) is 17.0 Å². The van der Waals surface area contributed by atoms with Crippen LogP contribution in [0.2, 0.25) is 0 Å². The molecule has 0 saturated heterocycles. The van der Waals surface area contributed by atoms with Gasteiger partial charge in [-0.15, -0.1) is 0 Å². The molecule has 1 aliphatic rings. The molecule has 2 N–H and O–H groups in total. The largest absolute Gasteiger partial charge is 0.476 e. The van der Waals surface area contributed by atoms with Gasteiger partial charge in [0.2, 0.25) is 0 Å². The van der Waals surface area contributed by atoms with Gasteiger partial charge in [0.25, 0.3) is 0 Å². The van der Waals surface area contributed by atoms with E-state index in [1.807, 2.05) is 6.92 Å². The van der Waals surface area contributed by atoms with E-state index in [2.05, 4.69) is 10.3 Å². The number of anilines is 1. The highest BCUT2D eigenvalue weighted by molar-refractivity contribution is 5.98. The zero-order valence-electron chi connectivity index (χ0n) is 11.5. The van der Waals surface area contributed by atoms with Crippen molar-refractivity contribution >= 4 is 17.7 Å². The van der Waals surface area contributed by atoms with E-state index in [-0.39, 0.29) is 23.5 Å². The fourth-order valence-electron chi connectivity index (χ4n) is 2.65. The Balaban J connectivity index is 2.12. The summed E-state index contributed by atoms with van der Waals surface area (Å²) in [6, 6.07) is 3.16. The quantitative estimate of drug-likeness (QED) is 0.886. The van der Waals surface area contributed by atoms with Crippen molar-refractivity contribution in [3.05, 3.63) is 24.0 Å². The first kappa shape index (κ1) is 14.3. The second-order valence-electron chi connectivity index (χ2n) is 4.86. The maximum Gasteiger partial charge on any atom is 0.356 e. The Kier molecular flexibility index (Phi) is 4.55. The molecule has 0 bridgehead atoms. The highest BCUT2D eigenvalue weighted by Crippen LogP contribution is 2.24. The zero-order chi connectivity index (χ0) is 14.5. The van der Waals surface area contributed by atoms with Crippen molar-refractivity contribution in [3.8, 4) is 0 Å². The first-order valence-electron chi connectivity index (χ1n) is 6.89. The lowest BCUT2D eigenvalue weighted by atomic mass is 10.2. The van der Waals surface area contributed by atoms with Crippen LogP contribution in [-0.2, 0) is 0 Å². The number of hydrogen-bond acceptors (Lipinski definition) is 3. The molecule has 1 aliphatic carbocycles. The predicted octanol–water partition coefficient (Wildman–Crippen LogP) is 2.58. The van der Waals surface area contributed by atoms with Crippen molar-refractivity contribution in [1.82, 2.24) is 9.88 Å². The molecule has 6 heteroatoms. The highest BCUT2D eigenvalue weighted by Gasteiger charge is 2.26. The molecule has 1 heterocycles. The number of aromatic carboxylic acids is 1. The third-order valence-corrected chi connectivity index (χ3v) is 3.62. The summed E-state index contributed by atoms with van der Waals surface area (Å²) in [6.07, 6.45) is 5.71. The lowest BCUT2D eigenvalue weighted by Crippen LogP contribution is -2.41. The van der Waals surface area contributed by atoms with Gasteiger partial charge in [0, 0.05) is 18.8 Å². The highest BCUT2D eigenvalue weighted by atomic mass is 16.4. The summed E-state index contributed by atoms with van der Waals surface area (Å²) in [7, 11) is 0. The van der Waals surface area contributed by atoms with Gasteiger partial charge in [0.1, 0.15) is 0 Å². The van der Waals surface area contributed by atoms with Crippen LogP contribution in [0.3, 0.4) is 0 Å². The molecule has 2 amide bonds. The van der Waals surface area contributed by atoms with Gasteiger partial charge < -0.3 is 15.3 Å². The molecule has 1 aromatic rings. The van der Waals surface area contributed by atoms with E-state index in [1.165, 1.54) is 6.20 Å². The Morgan fingerprint density at radius 1 is 1.45 bits per heavy atom. The third kappa shape index (κ3) is 3.07. The van der Waals surface area contributed by atoms with Crippen molar-refractivity contribution in [3.63, 3.8) is 0 Å². The molecule has 0 aliphatic heterocycles. The molecule has 0 spiro atoms. The van der Waals surface area contributed by atoms with Crippen molar-refractivity contribution in [1.29, 1.82) is 0 Å². The van der Waals surface area contributed by atoms with Gasteiger partial charge in [-0.25, -0.2) is 14.6 Å². The number of nitrogens with one attached hydrogen (secondary N) is 1. The summed E-state index contributed by atoms with van der Waals surface area (Å²) in [6.45, 7) is 2.54. The summed E-state index contributed by atoms with van der Waals surface area (Å²) >= 11 is 0. The minimum absolute atomic E-state index is 0.136. The number of nitrogens with zero attached hydrogens (tertiary/aromatic N) is 2. The first-order chi connectivity index (χ1) is 9.63. The van der Waals surface area contributed by atoms with Gasteiger partial charge >= 0.3 is 12.0 Å². The molecule has 1 fully saturated rings. The monoisotopic (exact) mass is 277 g/mol. The number of aromatic nitrogens is 1. The fourth-order valence-corrected chi connectivity index (χ4v) is 2.65. The zero-order valence-corrected chi connectivity index (χ0v) is 11.5. The van der Waals surface area contributed by atoms with Gasteiger partial charge in [0.05, 0.1) is 5.69 Å². The minimum atomic E-state index is -1.15. The average molecular weight is 277 g/mol. The van der Waals surface area contributed by atoms with Crippen LogP contribution in [0.15, 0.2) is 18.3 Å². The van der Waals surface area contributed by atoms with E-state index in [0.717, 1.165) is 25.7 Å². The number of urea groups is 1. The second kappa shape index (κ2) is 6.36. The molecule has 2 rings (SSSR count). The van der Waals surface area contributed by atoms with E-state index in [9.17, 15) is 9.59 Å². The molecule has 0 aromatic carbocycles. The van der Waals surface area contributed by atoms with Crippen molar-refractivity contribution in [2.24, 2.45) is 0 Å². The van der Waals surface area contributed by atoms with Gasteiger partial charge in [-0.05, 0) is 31.9 Å². The SMILES string of the molecule is CCN(C(=O)Nc1cccnc1C(=O)O)C1CCCC1. The van der Waals surface area contributed by atoms with Crippen LogP contribution >= 0.6 is 0 Å². The number of amides is 2. The number of carbonyl (C=O) groups excluding carboxylic acids is 1. The Bertz CT molecular complexity index is 498. The topological polar surface area (TPSA) is 82.5 Å². The first-order valence-corrected chi connectivity index (χ1v) is 6.89. The molecule has 0 radical (unpaired) electrons. The maximum absolute atomic E-state index is 12.3. The lowest BCUT2D eigenvalue weighted by molar-refractivity contribution is 0.0691. The summed E-state index contributed by atoms with van der Waals surface area (Å²) in [4.78, 5) is 28.9. The van der Waals surface area contributed by atoms with Crippen LogP contribution in [0.4, 0.5) is 10.5 Å². The minimum Gasteiger partial charge on any atom is -0.476 e. The Labute approximate surface area is 117 Å². The van der Waals surface area contributed by atoms with Crippen molar-refractivity contribution in [2.45, 2.75) is 38.6 Å². The second-order valence-corrected chi connectivity index (χ2v) is 4.86. The standard InChI is InChI=1S/C14H19N3O3/c1-2-17(10-6-3-4-7-10)14(20)16-11-8-5-9-15-12(11)13(18)19/h5,8-10H,2-4,6-7H2,1H3,(H,16,20)(H,18,19). The fraction of sp³-hybridized carbons (Fsp3) is 0.500. The summed E-state index contributed by atoms with van der Waals surface area (Å²) in [5.74, 6) is -1.15. The van der Waals surface area contributed by atoms with E-state index in [0.29, 0.717) is 6.54 Å². The van der Waals surface area contributed by atoms with Crippen LogP contribution in [0.1, 0.15) is 43.1 Å². The van der Waals surface area contributed by atoms with Crippen LogP contribution in [0.25, 0.3) is 0 Å². The molecule has 0 unspecified atom stereocenters. The number of hydrogen-bond donors (Lipinski definition) is 2. The molecular weight excluding hydrogens is 258 g/mol. The summed E-state index contributed by atoms with van der Waals surface area (Å²) < 4.78 is 0. The number of pyridine rings is 1. The van der Waals surface area contributed by atoms with E-state index in [4.69, 9.17) is 5.11 Å². The Morgan fingerprint density at radius 3 is 2.75 bits per heavy atom. The maximum atomic E-state index is 12.3. The average Bonchev–Trinajstić information content (AvgIpc) is 2.94. The van der Waals surface area contributed by atoms with Crippen molar-refractivity contribution in [2.75, 3.05) is 11.9 Å². The normalized spacial score (nSPS) is 15.1. The van der Waals surface area contributed by atoms with Crippen LogP contribution in [-0.4, -0.2) is 39.6 Å². The van der Waals surface area contributed by atoms with Gasteiger partial charge in [-0.3, -0.25) is 0 Å². The Morgan fingerprint density at radius 2 is 2.15 bits per heavy atom. The smallest absolute Gasteiger partial charge is 0.356 e. The number of carboxylic acids is 1. The number of carboxylic acid groups (broad SMARTS) is 1. The van der Waals surface area contributed by atoms with Crippen molar-refractivity contribution < 1.29 is 14.7 Å². The summed E-state index contributed by atoms with van der Waals surface area (Å²) in [5.41, 5.74) is 0.102. The van der Waals surface area contributed by atoms with E-state index < -0.39 is 5.97 Å². The van der Waals surface area contributed by atoms with Crippen LogP contribution in [0.5, 0.6) is 0 Å². The van der Waals surface area contributed by atoms with Crippen LogP contribution < -0.4 is 5.32 Å². The number of carbonyl (C=O) groups is 2.